The zero-order chi connectivity index (χ0) is 33.0. The Morgan fingerprint density at radius 1 is 1.09 bits per heavy atom. The summed E-state index contributed by atoms with van der Waals surface area (Å²) in [6.45, 7) is 2.86. The topological polar surface area (TPSA) is 72.9 Å². The molecule has 6 nitrogen and oxygen atoms in total. The summed E-state index contributed by atoms with van der Waals surface area (Å²) < 4.78 is 103. The van der Waals surface area contributed by atoms with Crippen LogP contribution in [0.4, 0.5) is 31.1 Å². The molecule has 1 aromatic rings. The van der Waals surface area contributed by atoms with Crippen molar-refractivity contribution in [2.24, 2.45) is 23.2 Å². The fraction of sp³-hybridized carbons (Fsp3) is 0.758. The first kappa shape index (κ1) is 33.7. The highest BCUT2D eigenvalue weighted by atomic mass is 32.2. The maximum atomic E-state index is 14.9. The van der Waals surface area contributed by atoms with Gasteiger partial charge in [0.05, 0.1) is 25.3 Å². The van der Waals surface area contributed by atoms with Gasteiger partial charge in [-0.2, -0.15) is 22.0 Å². The molecule has 5 aliphatic rings. The predicted octanol–water partition coefficient (Wildman–Crippen LogP) is 7.15. The van der Waals surface area contributed by atoms with E-state index >= 15 is 0 Å². The monoisotopic (exact) mass is 677 g/mol. The van der Waals surface area contributed by atoms with E-state index in [2.05, 4.69) is 0 Å². The third-order valence-electron chi connectivity index (χ3n) is 11.5. The summed E-state index contributed by atoms with van der Waals surface area (Å²) in [6, 6.07) is 5.69. The minimum atomic E-state index is -5.63. The number of fused-ring (bicyclic) bond motifs is 7. The van der Waals surface area contributed by atoms with Crippen LogP contribution < -0.4 is 4.74 Å². The summed E-state index contributed by atoms with van der Waals surface area (Å²) in [7, 11) is -1.57. The van der Waals surface area contributed by atoms with Crippen molar-refractivity contribution in [3.05, 3.63) is 29.3 Å². The van der Waals surface area contributed by atoms with Gasteiger partial charge in [0, 0.05) is 34.1 Å². The van der Waals surface area contributed by atoms with Crippen molar-refractivity contribution in [1.82, 2.24) is 4.90 Å². The Morgan fingerprint density at radius 2 is 1.78 bits per heavy atom. The van der Waals surface area contributed by atoms with E-state index in [1.807, 2.05) is 19.1 Å². The Hall–Kier alpha value is -2.15. The van der Waals surface area contributed by atoms with Crippen LogP contribution >= 0.6 is 0 Å². The molecule has 0 aromatic heterocycles. The van der Waals surface area contributed by atoms with Crippen LogP contribution in [0.15, 0.2) is 18.2 Å². The van der Waals surface area contributed by atoms with Gasteiger partial charge in [-0.3, -0.25) is 13.9 Å². The normalized spacial score (nSPS) is 34.5. The molecule has 0 spiro atoms. The number of ether oxygens (including phenoxy) is 2. The lowest BCUT2D eigenvalue weighted by Gasteiger charge is -2.51. The quantitative estimate of drug-likeness (QED) is 0.260. The second-order valence-electron chi connectivity index (χ2n) is 14.1. The number of hydrogen-bond donors (Lipinski definition) is 0. The Morgan fingerprint density at radius 3 is 2.48 bits per heavy atom. The average Bonchev–Trinajstić information content (AvgIpc) is 3.38. The molecule has 9 atom stereocenters. The van der Waals surface area contributed by atoms with Crippen molar-refractivity contribution in [2.45, 2.75) is 107 Å². The number of amides is 1. The molecule has 256 valence electrons. The average molecular weight is 678 g/mol. The van der Waals surface area contributed by atoms with Gasteiger partial charge in [-0.15, -0.1) is 0 Å². The van der Waals surface area contributed by atoms with E-state index in [4.69, 9.17) is 9.47 Å². The van der Waals surface area contributed by atoms with E-state index in [0.717, 1.165) is 24.0 Å². The standard InChI is InChI=1S/C33H41F6NO5S/c1-31-11-9-25-24-8-7-23(45-30(42)40-21-5-6-22(40)18-44-17-21)15-20(24)14-19(28(25)26(31)16-27(34)29(31)41)4-2-12-46(43)13-3-10-32(35,36)33(37,38)39/h7-8,15,19,21-22,25-28H,2-6,9-14,16-18H2,1H3/t19-,21?,22?,25-,26+,27?,28-,31+,46?/m1/s1. The van der Waals surface area contributed by atoms with Gasteiger partial charge in [0.15, 0.2) is 12.0 Å². The molecule has 4 fully saturated rings. The lowest BCUT2D eigenvalue weighted by Crippen LogP contribution is -2.50. The molecular weight excluding hydrogens is 636 g/mol. The second-order valence-corrected chi connectivity index (χ2v) is 15.8. The number of Topliss-reactive ketones (excluding diaryl/α,β-unsaturated/α-hetero) is 1. The van der Waals surface area contributed by atoms with Gasteiger partial charge in [0.2, 0.25) is 0 Å². The van der Waals surface area contributed by atoms with Crippen LogP contribution in [0.1, 0.15) is 81.8 Å². The Balaban J connectivity index is 1.15. The number of halogens is 6. The van der Waals surface area contributed by atoms with Crippen LogP contribution in [0.5, 0.6) is 5.75 Å². The highest BCUT2D eigenvalue weighted by Gasteiger charge is 2.60. The lowest BCUT2D eigenvalue weighted by atomic mass is 9.52. The molecule has 4 unspecified atom stereocenters. The smallest absolute Gasteiger partial charge is 0.410 e. The van der Waals surface area contributed by atoms with Crippen LogP contribution in [0.2, 0.25) is 0 Å². The molecular formula is C33H41F6NO5S. The fourth-order valence-electron chi connectivity index (χ4n) is 9.15. The molecule has 1 aromatic carbocycles. The van der Waals surface area contributed by atoms with E-state index in [0.29, 0.717) is 51.1 Å². The molecule has 0 N–H and O–H groups in total. The maximum absolute atomic E-state index is 14.9. The van der Waals surface area contributed by atoms with E-state index in [-0.39, 0.29) is 59.5 Å². The fourth-order valence-corrected chi connectivity index (χ4v) is 10.3. The Bertz CT molecular complexity index is 1340. The van der Waals surface area contributed by atoms with Gasteiger partial charge in [0.1, 0.15) is 5.75 Å². The van der Waals surface area contributed by atoms with Gasteiger partial charge in [-0.25, -0.2) is 9.18 Å². The predicted molar refractivity (Wildman–Crippen MR) is 158 cm³/mol. The maximum Gasteiger partial charge on any atom is 0.453 e. The van der Waals surface area contributed by atoms with Crippen molar-refractivity contribution in [2.75, 3.05) is 24.7 Å². The number of ketones is 1. The van der Waals surface area contributed by atoms with Gasteiger partial charge in [-0.1, -0.05) is 13.0 Å². The first-order valence-electron chi connectivity index (χ1n) is 16.4. The van der Waals surface area contributed by atoms with Crippen LogP contribution in [-0.4, -0.2) is 76.1 Å². The molecule has 2 saturated heterocycles. The Kier molecular flexibility index (Phi) is 9.32. The molecule has 6 rings (SSSR count). The van der Waals surface area contributed by atoms with E-state index in [1.165, 1.54) is 0 Å². The third-order valence-corrected chi connectivity index (χ3v) is 12.9. The number of carbonyl (C=O) groups is 2. The zero-order valence-electron chi connectivity index (χ0n) is 25.8. The van der Waals surface area contributed by atoms with Crippen LogP contribution in [-0.2, 0) is 26.8 Å². The number of hydrogen-bond acceptors (Lipinski definition) is 5. The number of benzene rings is 1. The van der Waals surface area contributed by atoms with Crippen LogP contribution in [0.3, 0.4) is 0 Å². The summed E-state index contributed by atoms with van der Waals surface area (Å²) in [5, 5.41) is 0. The number of alkyl halides is 6. The van der Waals surface area contributed by atoms with E-state index < -0.39 is 53.4 Å². The van der Waals surface area contributed by atoms with Crippen molar-refractivity contribution in [1.29, 1.82) is 0 Å². The van der Waals surface area contributed by atoms with Crippen molar-refractivity contribution >= 4 is 22.7 Å². The summed E-state index contributed by atoms with van der Waals surface area (Å²) in [6.07, 6.45) is -4.60. The molecule has 2 heterocycles. The SMILES string of the molecule is C[C@]12CC[C@@H]3c4ccc(OC(=O)N5C6CCC5COC6)cc4C[C@@H](CCCS(=O)CCCC(F)(F)C(F)(F)F)[C@H]3[C@@H]1CC(F)C2=O. The van der Waals surface area contributed by atoms with Crippen LogP contribution in [0, 0.1) is 23.2 Å². The first-order valence-corrected chi connectivity index (χ1v) is 17.9. The molecule has 2 saturated carbocycles. The molecule has 13 heteroatoms. The second kappa shape index (κ2) is 12.7. The van der Waals surface area contributed by atoms with Gasteiger partial charge < -0.3 is 9.47 Å². The van der Waals surface area contributed by atoms with Crippen molar-refractivity contribution < 1.29 is 49.6 Å². The lowest BCUT2D eigenvalue weighted by molar-refractivity contribution is -0.284. The minimum absolute atomic E-state index is 0.00527. The van der Waals surface area contributed by atoms with Crippen molar-refractivity contribution in [3.8, 4) is 5.75 Å². The number of morpholine rings is 1. The molecule has 1 amide bonds. The number of nitrogens with zero attached hydrogens (tertiary/aromatic N) is 1. The molecule has 2 bridgehead atoms. The molecule has 2 aliphatic heterocycles. The van der Waals surface area contributed by atoms with E-state index in [1.54, 1.807) is 11.0 Å². The van der Waals surface area contributed by atoms with Gasteiger partial charge >= 0.3 is 18.2 Å². The highest BCUT2D eigenvalue weighted by Crippen LogP contribution is 2.62. The molecule has 46 heavy (non-hydrogen) atoms. The van der Waals surface area contributed by atoms with E-state index in [9.17, 15) is 40.1 Å². The summed E-state index contributed by atoms with van der Waals surface area (Å²) in [5.74, 6) is -4.87. The van der Waals surface area contributed by atoms with Crippen molar-refractivity contribution in [3.63, 3.8) is 0 Å². The summed E-state index contributed by atoms with van der Waals surface area (Å²) in [4.78, 5) is 27.9. The number of rotatable bonds is 9. The Labute approximate surface area is 267 Å². The summed E-state index contributed by atoms with van der Waals surface area (Å²) in [5.41, 5.74) is 1.37. The number of carbonyl (C=O) groups excluding carboxylic acids is 2. The minimum Gasteiger partial charge on any atom is -0.410 e. The largest absolute Gasteiger partial charge is 0.453 e. The van der Waals surface area contributed by atoms with Gasteiger partial charge in [0.25, 0.3) is 0 Å². The zero-order valence-corrected chi connectivity index (χ0v) is 26.7. The van der Waals surface area contributed by atoms with Crippen LogP contribution in [0.25, 0.3) is 0 Å². The first-order chi connectivity index (χ1) is 21.7. The highest BCUT2D eigenvalue weighted by molar-refractivity contribution is 7.84. The summed E-state index contributed by atoms with van der Waals surface area (Å²) >= 11 is 0. The molecule has 3 aliphatic carbocycles. The third kappa shape index (κ3) is 6.23. The molecule has 0 radical (unpaired) electrons. The van der Waals surface area contributed by atoms with Gasteiger partial charge in [-0.05, 0) is 105 Å².